The minimum Gasteiger partial charge on any atom is -0.360 e. The van der Waals surface area contributed by atoms with Crippen LogP contribution in [0.15, 0.2) is 29.2 Å². The van der Waals surface area contributed by atoms with E-state index in [9.17, 15) is 13.2 Å². The minimum atomic E-state index is -3.67. The van der Waals surface area contributed by atoms with E-state index in [1.54, 1.807) is 24.3 Å². The van der Waals surface area contributed by atoms with Gasteiger partial charge in [-0.05, 0) is 38.3 Å². The van der Waals surface area contributed by atoms with Gasteiger partial charge in [0.05, 0.1) is 23.5 Å². The maximum atomic E-state index is 13.1. The lowest BCUT2D eigenvalue weighted by molar-refractivity contribution is -0.125. The largest absolute Gasteiger partial charge is 0.360 e. The molecule has 5 nitrogen and oxygen atoms in total. The Kier molecular flexibility index (Phi) is 4.58. The summed E-state index contributed by atoms with van der Waals surface area (Å²) in [5.41, 5.74) is 1.01. The maximum absolute atomic E-state index is 13.1. The van der Waals surface area contributed by atoms with E-state index < -0.39 is 16.3 Å². The molecule has 2 aliphatic rings. The molecule has 23 heavy (non-hydrogen) atoms. The molecule has 0 spiro atoms. The molecule has 1 saturated heterocycles. The standard InChI is InChI=1S/C17H23NO4S/c1-3-13-11-22-17(15-5-4-6-16(15)19)18(13)23(20,21)14-9-7-12(2)8-10-14/h7-10,13,15,17H,3-6,11H2,1-2H3/t13-,15-,17-/m1/s1. The summed E-state index contributed by atoms with van der Waals surface area (Å²) < 4.78 is 33.5. The fourth-order valence-electron chi connectivity index (χ4n) is 3.46. The number of sulfonamides is 1. The van der Waals surface area contributed by atoms with E-state index in [1.165, 1.54) is 4.31 Å². The van der Waals surface area contributed by atoms with Crippen molar-refractivity contribution >= 4 is 15.8 Å². The van der Waals surface area contributed by atoms with E-state index in [0.29, 0.717) is 25.9 Å². The first-order valence-electron chi connectivity index (χ1n) is 8.19. The van der Waals surface area contributed by atoms with E-state index >= 15 is 0 Å². The van der Waals surface area contributed by atoms with Crippen LogP contribution in [0.25, 0.3) is 0 Å². The molecule has 0 unspecified atom stereocenters. The van der Waals surface area contributed by atoms with Crippen molar-refractivity contribution in [3.63, 3.8) is 0 Å². The molecule has 126 valence electrons. The monoisotopic (exact) mass is 337 g/mol. The molecular weight excluding hydrogens is 314 g/mol. The van der Waals surface area contributed by atoms with Crippen LogP contribution in [0, 0.1) is 12.8 Å². The third kappa shape index (κ3) is 2.95. The molecular formula is C17H23NO4S. The van der Waals surface area contributed by atoms with Gasteiger partial charge in [0.15, 0.2) is 0 Å². The molecule has 1 heterocycles. The number of benzene rings is 1. The van der Waals surface area contributed by atoms with Crippen LogP contribution in [0.2, 0.25) is 0 Å². The summed E-state index contributed by atoms with van der Waals surface area (Å²) in [7, 11) is -3.67. The summed E-state index contributed by atoms with van der Waals surface area (Å²) in [5.74, 6) is -0.206. The Bertz CT molecular complexity index is 683. The number of hydrogen-bond acceptors (Lipinski definition) is 4. The second-order valence-corrected chi connectivity index (χ2v) is 8.24. The van der Waals surface area contributed by atoms with Crippen molar-refractivity contribution in [1.82, 2.24) is 4.31 Å². The van der Waals surface area contributed by atoms with E-state index in [1.807, 2.05) is 13.8 Å². The van der Waals surface area contributed by atoms with Gasteiger partial charge in [-0.2, -0.15) is 4.31 Å². The molecule has 0 N–H and O–H groups in total. The van der Waals surface area contributed by atoms with Crippen molar-refractivity contribution in [3.8, 4) is 0 Å². The zero-order valence-corrected chi connectivity index (χ0v) is 14.4. The Morgan fingerprint density at radius 1 is 1.26 bits per heavy atom. The van der Waals surface area contributed by atoms with E-state index in [-0.39, 0.29) is 22.6 Å². The van der Waals surface area contributed by atoms with Crippen molar-refractivity contribution in [2.75, 3.05) is 6.61 Å². The molecule has 6 heteroatoms. The van der Waals surface area contributed by atoms with Gasteiger partial charge in [0, 0.05) is 6.42 Å². The van der Waals surface area contributed by atoms with Crippen LogP contribution in [0.4, 0.5) is 0 Å². The van der Waals surface area contributed by atoms with Gasteiger partial charge in [-0.25, -0.2) is 8.42 Å². The van der Waals surface area contributed by atoms with Gasteiger partial charge in [-0.3, -0.25) is 4.79 Å². The molecule has 1 aliphatic heterocycles. The zero-order chi connectivity index (χ0) is 16.6. The quantitative estimate of drug-likeness (QED) is 0.847. The van der Waals surface area contributed by atoms with Crippen molar-refractivity contribution in [3.05, 3.63) is 29.8 Å². The molecule has 0 bridgehead atoms. The first kappa shape index (κ1) is 16.6. The second kappa shape index (κ2) is 6.34. The number of ketones is 1. The van der Waals surface area contributed by atoms with Gasteiger partial charge in [-0.1, -0.05) is 24.6 Å². The Balaban J connectivity index is 1.98. The lowest BCUT2D eigenvalue weighted by atomic mass is 10.1. The second-order valence-electron chi connectivity index (χ2n) is 6.40. The molecule has 3 rings (SSSR count). The number of nitrogens with zero attached hydrogens (tertiary/aromatic N) is 1. The van der Waals surface area contributed by atoms with Crippen molar-refractivity contribution in [1.29, 1.82) is 0 Å². The molecule has 1 aliphatic carbocycles. The molecule has 0 aromatic heterocycles. The average Bonchev–Trinajstić information content (AvgIpc) is 3.13. The smallest absolute Gasteiger partial charge is 0.245 e. The molecule has 1 aromatic rings. The highest BCUT2D eigenvalue weighted by atomic mass is 32.2. The Labute approximate surface area is 137 Å². The molecule has 0 radical (unpaired) electrons. The highest BCUT2D eigenvalue weighted by Gasteiger charge is 2.48. The fraction of sp³-hybridized carbons (Fsp3) is 0.588. The van der Waals surface area contributed by atoms with Crippen LogP contribution < -0.4 is 0 Å². The Morgan fingerprint density at radius 3 is 2.52 bits per heavy atom. The summed E-state index contributed by atoms with van der Waals surface area (Å²) in [6.45, 7) is 4.23. The third-order valence-electron chi connectivity index (χ3n) is 4.83. The van der Waals surface area contributed by atoms with E-state index in [2.05, 4.69) is 0 Å². The predicted octanol–water partition coefficient (Wildman–Crippen LogP) is 2.49. The number of ether oxygens (including phenoxy) is 1. The SMILES string of the molecule is CC[C@@H]1CO[C@H]([C@@H]2CCCC2=O)N1S(=O)(=O)c1ccc(C)cc1. The van der Waals surface area contributed by atoms with Crippen LogP contribution in [0.5, 0.6) is 0 Å². The Morgan fingerprint density at radius 2 is 1.96 bits per heavy atom. The summed E-state index contributed by atoms with van der Waals surface area (Å²) in [6, 6.07) is 6.63. The average molecular weight is 337 g/mol. The van der Waals surface area contributed by atoms with Crippen LogP contribution in [-0.4, -0.2) is 37.4 Å². The highest BCUT2D eigenvalue weighted by Crippen LogP contribution is 2.36. The number of aryl methyl sites for hydroxylation is 1. The first-order chi connectivity index (χ1) is 10.9. The van der Waals surface area contributed by atoms with Gasteiger partial charge >= 0.3 is 0 Å². The minimum absolute atomic E-state index is 0.121. The summed E-state index contributed by atoms with van der Waals surface area (Å²) in [4.78, 5) is 12.4. The van der Waals surface area contributed by atoms with Crippen LogP contribution in [0.3, 0.4) is 0 Å². The van der Waals surface area contributed by atoms with Gasteiger partial charge < -0.3 is 4.74 Å². The third-order valence-corrected chi connectivity index (χ3v) is 6.76. The van der Waals surface area contributed by atoms with E-state index in [4.69, 9.17) is 4.74 Å². The first-order valence-corrected chi connectivity index (χ1v) is 9.63. The predicted molar refractivity (Wildman–Crippen MR) is 86.4 cm³/mol. The van der Waals surface area contributed by atoms with Crippen molar-refractivity contribution < 1.29 is 17.9 Å². The summed E-state index contributed by atoms with van der Waals surface area (Å²) in [6.07, 6.45) is 2.07. The van der Waals surface area contributed by atoms with E-state index in [0.717, 1.165) is 12.0 Å². The number of carbonyl (C=O) groups excluding carboxylic acids is 1. The van der Waals surface area contributed by atoms with Gasteiger partial charge in [0.1, 0.15) is 12.0 Å². The van der Waals surface area contributed by atoms with Crippen LogP contribution in [0.1, 0.15) is 38.2 Å². The van der Waals surface area contributed by atoms with Gasteiger partial charge in [-0.15, -0.1) is 0 Å². The molecule has 2 fully saturated rings. The van der Waals surface area contributed by atoms with Crippen molar-refractivity contribution in [2.24, 2.45) is 5.92 Å². The van der Waals surface area contributed by atoms with Gasteiger partial charge in [0.25, 0.3) is 0 Å². The molecule has 0 amide bonds. The topological polar surface area (TPSA) is 63.7 Å². The summed E-state index contributed by atoms with van der Waals surface area (Å²) >= 11 is 0. The lowest BCUT2D eigenvalue weighted by Crippen LogP contribution is -2.46. The number of Topliss-reactive ketones (excluding diaryl/α,β-unsaturated/α-hetero) is 1. The molecule has 1 saturated carbocycles. The molecule has 1 aromatic carbocycles. The fourth-order valence-corrected chi connectivity index (χ4v) is 5.27. The van der Waals surface area contributed by atoms with Crippen molar-refractivity contribution in [2.45, 2.75) is 56.7 Å². The Hall–Kier alpha value is -1.24. The van der Waals surface area contributed by atoms with Crippen LogP contribution >= 0.6 is 0 Å². The zero-order valence-electron chi connectivity index (χ0n) is 13.6. The summed E-state index contributed by atoms with van der Waals surface area (Å²) in [5, 5.41) is 0. The lowest BCUT2D eigenvalue weighted by Gasteiger charge is -2.29. The maximum Gasteiger partial charge on any atom is 0.245 e. The van der Waals surface area contributed by atoms with Crippen LogP contribution in [-0.2, 0) is 19.6 Å². The number of carbonyl (C=O) groups is 1. The highest BCUT2D eigenvalue weighted by molar-refractivity contribution is 7.89. The molecule has 3 atom stereocenters. The normalized spacial score (nSPS) is 29.3. The number of hydrogen-bond donors (Lipinski definition) is 0. The number of rotatable bonds is 4. The van der Waals surface area contributed by atoms with Gasteiger partial charge in [0.2, 0.25) is 10.0 Å².